The number of hydrogen-bond donors (Lipinski definition) is 1. The van der Waals surface area contributed by atoms with Crippen molar-refractivity contribution in [1.82, 2.24) is 5.43 Å². The summed E-state index contributed by atoms with van der Waals surface area (Å²) < 4.78 is 18.5. The van der Waals surface area contributed by atoms with Gasteiger partial charge in [0, 0.05) is 23.0 Å². The number of carbonyl (C=O) groups excluding carboxylic acids is 1. The Kier molecular flexibility index (Phi) is 5.35. The highest BCUT2D eigenvalue weighted by Crippen LogP contribution is 2.47. The van der Waals surface area contributed by atoms with Gasteiger partial charge in [0.2, 0.25) is 5.91 Å². The Morgan fingerprint density at radius 1 is 1.38 bits per heavy atom. The average molecular weight is 346 g/mol. The van der Waals surface area contributed by atoms with Crippen LogP contribution in [0.25, 0.3) is 0 Å². The Balaban J connectivity index is 1.37. The van der Waals surface area contributed by atoms with Gasteiger partial charge in [-0.3, -0.25) is 4.79 Å². The van der Waals surface area contributed by atoms with Crippen LogP contribution < -0.4 is 5.43 Å². The maximum atomic E-state index is 12.8. The normalized spacial score (nSPS) is 19.6. The summed E-state index contributed by atoms with van der Waals surface area (Å²) in [5.41, 5.74) is 2.49. The van der Waals surface area contributed by atoms with Crippen molar-refractivity contribution in [2.24, 2.45) is 11.0 Å². The largest absolute Gasteiger partial charge is 0.460 e. The summed E-state index contributed by atoms with van der Waals surface area (Å²) in [5, 5.41) is 3.91. The van der Waals surface area contributed by atoms with E-state index in [4.69, 9.17) is 4.42 Å². The lowest BCUT2D eigenvalue weighted by Gasteiger charge is -2.01. The Bertz CT molecular complexity index is 727. The van der Waals surface area contributed by atoms with Crippen LogP contribution in [0.3, 0.4) is 0 Å². The molecule has 1 aliphatic carbocycles. The zero-order valence-electron chi connectivity index (χ0n) is 13.4. The van der Waals surface area contributed by atoms with E-state index in [-0.39, 0.29) is 11.7 Å². The lowest BCUT2D eigenvalue weighted by molar-refractivity contribution is -0.120. The molecule has 0 unspecified atom stereocenters. The fraction of sp³-hybridized carbons (Fsp3) is 0.333. The first-order valence-corrected chi connectivity index (χ1v) is 8.90. The van der Waals surface area contributed by atoms with E-state index < -0.39 is 0 Å². The zero-order valence-corrected chi connectivity index (χ0v) is 14.2. The lowest BCUT2D eigenvalue weighted by atomic mass is 10.3. The highest BCUT2D eigenvalue weighted by Gasteiger charge is 2.36. The van der Waals surface area contributed by atoms with Crippen LogP contribution in [0.1, 0.15) is 37.2 Å². The van der Waals surface area contributed by atoms with Crippen molar-refractivity contribution in [1.29, 1.82) is 0 Å². The first-order valence-electron chi connectivity index (χ1n) is 7.92. The molecule has 1 aromatic carbocycles. The van der Waals surface area contributed by atoms with Crippen LogP contribution in [-0.2, 0) is 4.79 Å². The van der Waals surface area contributed by atoms with Crippen LogP contribution in [0.2, 0.25) is 0 Å². The van der Waals surface area contributed by atoms with Crippen molar-refractivity contribution >= 4 is 23.9 Å². The Hall–Kier alpha value is -2.08. The van der Waals surface area contributed by atoms with Crippen LogP contribution in [0, 0.1) is 11.7 Å². The second-order valence-electron chi connectivity index (χ2n) is 5.91. The first-order chi connectivity index (χ1) is 11.6. The highest BCUT2D eigenvalue weighted by molar-refractivity contribution is 7.99. The van der Waals surface area contributed by atoms with Crippen molar-refractivity contribution in [3.8, 4) is 0 Å². The molecule has 2 aromatic rings. The smallest absolute Gasteiger partial charge is 0.240 e. The van der Waals surface area contributed by atoms with E-state index >= 15 is 0 Å². The fourth-order valence-corrected chi connectivity index (χ4v) is 3.22. The molecule has 2 atom stereocenters. The third-order valence-corrected chi connectivity index (χ3v) is 4.93. The highest BCUT2D eigenvalue weighted by atomic mass is 32.2. The molecule has 0 aliphatic heterocycles. The Labute approximate surface area is 144 Å². The fourth-order valence-electron chi connectivity index (χ4n) is 2.37. The van der Waals surface area contributed by atoms with Gasteiger partial charge < -0.3 is 4.42 Å². The van der Waals surface area contributed by atoms with Crippen molar-refractivity contribution in [2.75, 3.05) is 5.75 Å². The van der Waals surface area contributed by atoms with Crippen LogP contribution in [0.4, 0.5) is 4.39 Å². The molecular weight excluding hydrogens is 327 g/mol. The van der Waals surface area contributed by atoms with Gasteiger partial charge in [-0.25, -0.2) is 9.82 Å². The molecule has 0 bridgehead atoms. The van der Waals surface area contributed by atoms with Gasteiger partial charge in [-0.1, -0.05) is 6.92 Å². The van der Waals surface area contributed by atoms with Crippen molar-refractivity contribution in [3.05, 3.63) is 53.7 Å². The van der Waals surface area contributed by atoms with Gasteiger partial charge in [0.15, 0.2) is 0 Å². The summed E-state index contributed by atoms with van der Waals surface area (Å²) in [5.74, 6) is 3.05. The third-order valence-electron chi connectivity index (χ3n) is 3.92. The summed E-state index contributed by atoms with van der Waals surface area (Å²) in [6.45, 7) is 2.20. The third kappa shape index (κ3) is 4.71. The molecular formula is C18H19FN2O2S. The summed E-state index contributed by atoms with van der Waals surface area (Å²) in [4.78, 5) is 12.7. The van der Waals surface area contributed by atoms with Gasteiger partial charge in [0.25, 0.3) is 0 Å². The van der Waals surface area contributed by atoms with E-state index in [0.717, 1.165) is 10.7 Å². The number of nitrogens with zero attached hydrogens (tertiary/aromatic N) is 1. The second-order valence-corrected chi connectivity index (χ2v) is 7.07. The quantitative estimate of drug-likeness (QED) is 0.465. The summed E-state index contributed by atoms with van der Waals surface area (Å²) in [6.07, 6.45) is 3.02. The molecule has 1 heterocycles. The molecule has 0 spiro atoms. The molecule has 1 amide bonds. The predicted molar refractivity (Wildman–Crippen MR) is 92.7 cm³/mol. The van der Waals surface area contributed by atoms with E-state index in [0.29, 0.717) is 29.8 Å². The van der Waals surface area contributed by atoms with Crippen LogP contribution in [0.15, 0.2) is 50.8 Å². The molecule has 1 fully saturated rings. The average Bonchev–Trinajstić information content (AvgIpc) is 3.11. The molecule has 0 saturated heterocycles. The lowest BCUT2D eigenvalue weighted by Crippen LogP contribution is -2.17. The molecule has 126 valence electrons. The number of benzene rings is 1. The molecule has 4 nitrogen and oxygen atoms in total. The van der Waals surface area contributed by atoms with Crippen LogP contribution in [-0.4, -0.2) is 17.9 Å². The van der Waals surface area contributed by atoms with Crippen molar-refractivity contribution < 1.29 is 13.6 Å². The minimum atomic E-state index is -0.261. The monoisotopic (exact) mass is 346 g/mol. The molecule has 6 heteroatoms. The van der Waals surface area contributed by atoms with Crippen LogP contribution >= 0.6 is 11.8 Å². The molecule has 1 N–H and O–H groups in total. The minimum absolute atomic E-state index is 0.163. The van der Waals surface area contributed by atoms with Crippen molar-refractivity contribution in [3.63, 3.8) is 0 Å². The van der Waals surface area contributed by atoms with Gasteiger partial charge in [-0.15, -0.1) is 11.8 Å². The standard InChI is InChI=1S/C18H19FN2O2S/c1-12-10-16(12)17-7-4-14(23-17)11-20-21-18(22)8-9-24-15-5-2-13(19)3-6-15/h2-7,11-12,16H,8-10H2,1H3,(H,21,22)/b20-11-/t12-,16+/m1/s1. The number of rotatable bonds is 7. The van der Waals surface area contributed by atoms with Crippen molar-refractivity contribution in [2.45, 2.75) is 30.6 Å². The Morgan fingerprint density at radius 2 is 2.12 bits per heavy atom. The molecule has 1 aromatic heterocycles. The van der Waals surface area contributed by atoms with E-state index in [9.17, 15) is 9.18 Å². The van der Waals surface area contributed by atoms with Gasteiger partial charge in [-0.05, 0) is 48.7 Å². The Morgan fingerprint density at radius 3 is 2.83 bits per heavy atom. The summed E-state index contributed by atoms with van der Waals surface area (Å²) >= 11 is 1.50. The van der Waals surface area contributed by atoms with Gasteiger partial charge >= 0.3 is 0 Å². The SMILES string of the molecule is C[C@@H]1C[C@@H]1c1ccc(/C=N\NC(=O)CCSc2ccc(F)cc2)o1. The van der Waals surface area contributed by atoms with E-state index in [2.05, 4.69) is 17.5 Å². The minimum Gasteiger partial charge on any atom is -0.460 e. The van der Waals surface area contributed by atoms with Crippen LogP contribution in [0.5, 0.6) is 0 Å². The number of carbonyl (C=O) groups is 1. The van der Waals surface area contributed by atoms with Gasteiger partial charge in [0.05, 0.1) is 6.21 Å². The van der Waals surface area contributed by atoms with E-state index in [1.54, 1.807) is 12.1 Å². The molecule has 3 rings (SSSR count). The molecule has 0 radical (unpaired) electrons. The predicted octanol–water partition coefficient (Wildman–Crippen LogP) is 4.17. The molecule has 1 aliphatic rings. The van der Waals surface area contributed by atoms with E-state index in [1.165, 1.54) is 36.5 Å². The number of nitrogens with one attached hydrogen (secondary N) is 1. The molecule has 1 saturated carbocycles. The number of hydrazone groups is 1. The summed E-state index contributed by atoms with van der Waals surface area (Å²) in [6, 6.07) is 10.0. The van der Waals surface area contributed by atoms with Gasteiger partial charge in [0.1, 0.15) is 17.3 Å². The first kappa shape index (κ1) is 16.8. The summed E-state index contributed by atoms with van der Waals surface area (Å²) in [7, 11) is 0. The number of hydrogen-bond acceptors (Lipinski definition) is 4. The number of furan rings is 1. The zero-order chi connectivity index (χ0) is 16.9. The number of halogens is 1. The van der Waals surface area contributed by atoms with Gasteiger partial charge in [-0.2, -0.15) is 5.10 Å². The maximum absolute atomic E-state index is 12.8. The second kappa shape index (κ2) is 7.66. The maximum Gasteiger partial charge on any atom is 0.240 e. The number of amides is 1. The number of thioether (sulfide) groups is 1. The topological polar surface area (TPSA) is 54.6 Å². The van der Waals surface area contributed by atoms with E-state index in [1.807, 2.05) is 12.1 Å². The molecule has 24 heavy (non-hydrogen) atoms.